The van der Waals surface area contributed by atoms with Crippen LogP contribution in [0.4, 0.5) is 5.82 Å². The van der Waals surface area contributed by atoms with Crippen molar-refractivity contribution in [3.8, 4) is 0 Å². The van der Waals surface area contributed by atoms with Crippen molar-refractivity contribution in [2.45, 2.75) is 18.2 Å². The Labute approximate surface area is 182 Å². The number of halogens is 1. The highest BCUT2D eigenvalue weighted by molar-refractivity contribution is 14.0. The Morgan fingerprint density at radius 1 is 1.07 bits per heavy atom. The molecule has 0 saturated heterocycles. The third kappa shape index (κ3) is 9.62. The Morgan fingerprint density at radius 2 is 1.81 bits per heavy atom. The second-order valence-electron chi connectivity index (χ2n) is 5.55. The van der Waals surface area contributed by atoms with Crippen LogP contribution >= 0.6 is 35.7 Å². The number of guanidine groups is 1. The number of aliphatic imine (C=N–C) groups is 1. The number of carbonyl (C=O) groups is 1. The number of pyridine rings is 1. The number of amides is 1. The average Bonchev–Trinajstić information content (AvgIpc) is 2.64. The Balaban J connectivity index is 0.00000364. The lowest BCUT2D eigenvalue weighted by atomic mass is 10.3. The SMILES string of the molecule is CN=C(NCCSc1ccccc1)NCCC(=O)Nc1cccc(C)n1.I. The summed E-state index contributed by atoms with van der Waals surface area (Å²) in [7, 11) is 1.72. The van der Waals surface area contributed by atoms with Crippen LogP contribution in [0.3, 0.4) is 0 Å². The summed E-state index contributed by atoms with van der Waals surface area (Å²) >= 11 is 1.79. The van der Waals surface area contributed by atoms with Crippen molar-refractivity contribution in [3.05, 3.63) is 54.2 Å². The third-order valence-electron chi connectivity index (χ3n) is 3.43. The molecular weight excluding hydrogens is 473 g/mol. The summed E-state index contributed by atoms with van der Waals surface area (Å²) in [6.45, 7) is 3.19. The van der Waals surface area contributed by atoms with Crippen LogP contribution in [0.2, 0.25) is 0 Å². The van der Waals surface area contributed by atoms with Crippen molar-refractivity contribution in [3.63, 3.8) is 0 Å². The third-order valence-corrected chi connectivity index (χ3v) is 4.44. The lowest BCUT2D eigenvalue weighted by molar-refractivity contribution is -0.116. The first-order valence-electron chi connectivity index (χ1n) is 8.53. The van der Waals surface area contributed by atoms with Crippen LogP contribution in [0.1, 0.15) is 12.1 Å². The molecule has 0 saturated carbocycles. The fourth-order valence-corrected chi connectivity index (χ4v) is 2.98. The largest absolute Gasteiger partial charge is 0.356 e. The van der Waals surface area contributed by atoms with Gasteiger partial charge >= 0.3 is 0 Å². The van der Waals surface area contributed by atoms with E-state index in [-0.39, 0.29) is 29.9 Å². The summed E-state index contributed by atoms with van der Waals surface area (Å²) in [6, 6.07) is 15.8. The van der Waals surface area contributed by atoms with Gasteiger partial charge in [0.05, 0.1) is 0 Å². The standard InChI is InChI=1S/C19H25N5OS.HI/c1-15-7-6-10-17(23-15)24-18(25)11-12-21-19(20-2)22-13-14-26-16-8-4-3-5-9-16;/h3-10H,11-14H2,1-2H3,(H2,20,21,22)(H,23,24,25);1H. The van der Waals surface area contributed by atoms with Crippen molar-refractivity contribution >= 4 is 53.4 Å². The minimum Gasteiger partial charge on any atom is -0.356 e. The molecule has 1 aromatic heterocycles. The second-order valence-corrected chi connectivity index (χ2v) is 6.72. The molecule has 0 atom stereocenters. The zero-order valence-corrected chi connectivity index (χ0v) is 18.7. The molecule has 1 amide bonds. The highest BCUT2D eigenvalue weighted by Crippen LogP contribution is 2.15. The first-order chi connectivity index (χ1) is 12.7. The number of thioether (sulfide) groups is 1. The van der Waals surface area contributed by atoms with Gasteiger partial charge in [-0.3, -0.25) is 9.79 Å². The smallest absolute Gasteiger partial charge is 0.227 e. The predicted molar refractivity (Wildman–Crippen MR) is 124 cm³/mol. The number of hydrogen-bond acceptors (Lipinski definition) is 4. The maximum Gasteiger partial charge on any atom is 0.227 e. The van der Waals surface area contributed by atoms with Crippen molar-refractivity contribution in [1.82, 2.24) is 15.6 Å². The second kappa shape index (κ2) is 13.4. The van der Waals surface area contributed by atoms with Crippen molar-refractivity contribution in [2.75, 3.05) is 31.2 Å². The first kappa shape index (κ1) is 23.2. The highest BCUT2D eigenvalue weighted by Gasteiger charge is 2.04. The summed E-state index contributed by atoms with van der Waals surface area (Å²) in [5.74, 6) is 2.13. The zero-order chi connectivity index (χ0) is 18.6. The molecule has 146 valence electrons. The van der Waals surface area contributed by atoms with E-state index in [4.69, 9.17) is 0 Å². The number of aryl methyl sites for hydroxylation is 1. The molecule has 0 unspecified atom stereocenters. The van der Waals surface area contributed by atoms with Gasteiger partial charge in [0.15, 0.2) is 5.96 Å². The topological polar surface area (TPSA) is 78.4 Å². The predicted octanol–water partition coefficient (Wildman–Crippen LogP) is 3.29. The van der Waals surface area contributed by atoms with Crippen LogP contribution < -0.4 is 16.0 Å². The van der Waals surface area contributed by atoms with Gasteiger partial charge < -0.3 is 16.0 Å². The van der Waals surface area contributed by atoms with Gasteiger partial charge in [-0.25, -0.2) is 4.98 Å². The number of aromatic nitrogens is 1. The van der Waals surface area contributed by atoms with Gasteiger partial charge in [0.25, 0.3) is 0 Å². The molecular formula is C19H26IN5OS. The quantitative estimate of drug-likeness (QED) is 0.171. The van der Waals surface area contributed by atoms with E-state index in [2.05, 4.69) is 38.1 Å². The summed E-state index contributed by atoms with van der Waals surface area (Å²) < 4.78 is 0. The number of nitrogens with one attached hydrogen (secondary N) is 3. The van der Waals surface area contributed by atoms with E-state index in [1.54, 1.807) is 24.9 Å². The number of hydrogen-bond donors (Lipinski definition) is 3. The molecule has 0 radical (unpaired) electrons. The van der Waals surface area contributed by atoms with Gasteiger partial charge in [-0.2, -0.15) is 0 Å². The zero-order valence-electron chi connectivity index (χ0n) is 15.6. The van der Waals surface area contributed by atoms with Crippen molar-refractivity contribution < 1.29 is 4.79 Å². The number of anilines is 1. The van der Waals surface area contributed by atoms with E-state index in [0.717, 1.165) is 18.0 Å². The Kier molecular flexibility index (Phi) is 11.5. The molecule has 0 aliphatic carbocycles. The molecule has 1 aromatic carbocycles. The first-order valence-corrected chi connectivity index (χ1v) is 9.52. The highest BCUT2D eigenvalue weighted by atomic mass is 127. The van der Waals surface area contributed by atoms with Gasteiger partial charge in [0, 0.05) is 42.9 Å². The molecule has 6 nitrogen and oxygen atoms in total. The van der Waals surface area contributed by atoms with Crippen LogP contribution in [0.5, 0.6) is 0 Å². The molecule has 27 heavy (non-hydrogen) atoms. The van der Waals surface area contributed by atoms with Crippen LogP contribution in [0.25, 0.3) is 0 Å². The lowest BCUT2D eigenvalue weighted by Crippen LogP contribution is -2.39. The monoisotopic (exact) mass is 499 g/mol. The Hall–Kier alpha value is -1.81. The molecule has 2 rings (SSSR count). The molecule has 2 aromatic rings. The fraction of sp³-hybridized carbons (Fsp3) is 0.316. The molecule has 0 fully saturated rings. The van der Waals surface area contributed by atoms with Crippen LogP contribution in [-0.4, -0.2) is 42.7 Å². The maximum absolute atomic E-state index is 12.0. The molecule has 0 aliphatic rings. The number of benzene rings is 1. The van der Waals surface area contributed by atoms with Crippen LogP contribution in [0.15, 0.2) is 58.4 Å². The van der Waals surface area contributed by atoms with Crippen LogP contribution in [0, 0.1) is 6.92 Å². The molecule has 8 heteroatoms. The molecule has 0 bridgehead atoms. The van der Waals surface area contributed by atoms with Gasteiger partial charge in [0.2, 0.25) is 5.91 Å². The van der Waals surface area contributed by atoms with E-state index >= 15 is 0 Å². The molecule has 1 heterocycles. The Morgan fingerprint density at radius 3 is 2.52 bits per heavy atom. The van der Waals surface area contributed by atoms with Gasteiger partial charge in [-0.1, -0.05) is 24.3 Å². The average molecular weight is 499 g/mol. The number of nitrogens with zero attached hydrogens (tertiary/aromatic N) is 2. The minimum atomic E-state index is -0.0781. The van der Waals surface area contributed by atoms with E-state index in [0.29, 0.717) is 24.7 Å². The number of rotatable bonds is 8. The summed E-state index contributed by atoms with van der Waals surface area (Å²) in [5, 5.41) is 9.18. The lowest BCUT2D eigenvalue weighted by Gasteiger charge is -2.11. The van der Waals surface area contributed by atoms with Crippen molar-refractivity contribution in [2.24, 2.45) is 4.99 Å². The molecule has 3 N–H and O–H groups in total. The van der Waals surface area contributed by atoms with Gasteiger partial charge in [-0.05, 0) is 31.2 Å². The van der Waals surface area contributed by atoms with E-state index in [1.807, 2.05) is 37.3 Å². The fourth-order valence-electron chi connectivity index (χ4n) is 2.19. The number of carbonyl (C=O) groups excluding carboxylic acids is 1. The van der Waals surface area contributed by atoms with E-state index in [9.17, 15) is 4.79 Å². The summed E-state index contributed by atoms with van der Waals surface area (Å²) in [4.78, 5) is 21.6. The van der Waals surface area contributed by atoms with Gasteiger partial charge in [0.1, 0.15) is 5.82 Å². The van der Waals surface area contributed by atoms with E-state index in [1.165, 1.54) is 4.90 Å². The Bertz CT molecular complexity index is 727. The minimum absolute atomic E-state index is 0. The van der Waals surface area contributed by atoms with Crippen LogP contribution in [-0.2, 0) is 4.79 Å². The molecule has 0 spiro atoms. The normalized spacial score (nSPS) is 10.7. The van der Waals surface area contributed by atoms with Gasteiger partial charge in [-0.15, -0.1) is 35.7 Å². The summed E-state index contributed by atoms with van der Waals surface area (Å²) in [5.41, 5.74) is 0.874. The van der Waals surface area contributed by atoms with Crippen molar-refractivity contribution in [1.29, 1.82) is 0 Å². The summed E-state index contributed by atoms with van der Waals surface area (Å²) in [6.07, 6.45) is 0.342. The maximum atomic E-state index is 12.0. The molecule has 0 aliphatic heterocycles. The van der Waals surface area contributed by atoms with E-state index < -0.39 is 0 Å².